The monoisotopic (exact) mass is 365 g/mol. The van der Waals surface area contributed by atoms with E-state index < -0.39 is 43.6 Å². The van der Waals surface area contributed by atoms with Crippen molar-refractivity contribution in [2.75, 3.05) is 20.3 Å². The van der Waals surface area contributed by atoms with Gasteiger partial charge in [-0.15, -0.1) is 0 Å². The van der Waals surface area contributed by atoms with E-state index in [1.54, 1.807) is 30.3 Å². The molecule has 0 aromatic heterocycles. The molecule has 1 amide bonds. The third-order valence-corrected chi connectivity index (χ3v) is 2.93. The molecule has 2 atom stereocenters. The van der Waals surface area contributed by atoms with E-state index in [2.05, 4.69) is 14.8 Å². The number of carbonyl (C=O) groups excluding carboxylic acids is 2. The third kappa shape index (κ3) is 7.86. The van der Waals surface area contributed by atoms with Gasteiger partial charge in [-0.25, -0.2) is 9.59 Å². The molecular formula is C15H18F3NO6. The van der Waals surface area contributed by atoms with E-state index >= 15 is 0 Å². The standard InChI is InChI=1S/C15H18F3NO6/c1-23-13(21)11(8-24-9-12(20)15(16,17)18)19-14(22)25-7-10-5-3-2-4-6-10/h2-6,11-12,20H,7-9H2,1H3,(H,19,22)/t11-,12?/m0/s1. The Morgan fingerprint density at radius 3 is 2.40 bits per heavy atom. The van der Waals surface area contributed by atoms with Crippen LogP contribution in [0, 0.1) is 0 Å². The second kappa shape index (κ2) is 9.84. The molecule has 0 heterocycles. The van der Waals surface area contributed by atoms with Crippen LogP contribution in [-0.4, -0.2) is 55.8 Å². The first-order chi connectivity index (χ1) is 11.7. The van der Waals surface area contributed by atoms with Crippen LogP contribution in [0.15, 0.2) is 30.3 Å². The average molecular weight is 365 g/mol. The van der Waals surface area contributed by atoms with Crippen LogP contribution in [0.5, 0.6) is 0 Å². The Morgan fingerprint density at radius 1 is 1.20 bits per heavy atom. The van der Waals surface area contributed by atoms with Crippen molar-refractivity contribution in [3.8, 4) is 0 Å². The number of amides is 1. The van der Waals surface area contributed by atoms with Gasteiger partial charge >= 0.3 is 18.2 Å². The van der Waals surface area contributed by atoms with Crippen LogP contribution in [0.3, 0.4) is 0 Å². The van der Waals surface area contributed by atoms with Crippen molar-refractivity contribution in [3.05, 3.63) is 35.9 Å². The average Bonchev–Trinajstić information content (AvgIpc) is 2.58. The Morgan fingerprint density at radius 2 is 1.84 bits per heavy atom. The van der Waals surface area contributed by atoms with Crippen LogP contribution in [0.4, 0.5) is 18.0 Å². The lowest BCUT2D eigenvalue weighted by atomic mass is 10.2. The third-order valence-electron chi connectivity index (χ3n) is 2.93. The van der Waals surface area contributed by atoms with Crippen LogP contribution in [-0.2, 0) is 25.6 Å². The predicted octanol–water partition coefficient (Wildman–Crippen LogP) is 1.39. The Labute approximate surface area is 141 Å². The van der Waals surface area contributed by atoms with E-state index in [9.17, 15) is 22.8 Å². The van der Waals surface area contributed by atoms with Crippen molar-refractivity contribution in [2.24, 2.45) is 0 Å². The fourth-order valence-electron chi connectivity index (χ4n) is 1.61. The molecule has 0 saturated carbocycles. The molecule has 0 aliphatic carbocycles. The molecule has 2 N–H and O–H groups in total. The first kappa shape index (κ1) is 20.7. The molecule has 0 radical (unpaired) electrons. The first-order valence-corrected chi connectivity index (χ1v) is 7.11. The van der Waals surface area contributed by atoms with E-state index in [4.69, 9.17) is 9.84 Å². The number of alkyl carbamates (subject to hydrolysis) is 1. The molecule has 1 unspecified atom stereocenters. The van der Waals surface area contributed by atoms with Gasteiger partial charge in [-0.05, 0) is 5.56 Å². The highest BCUT2D eigenvalue weighted by Crippen LogP contribution is 2.20. The van der Waals surface area contributed by atoms with Gasteiger partial charge in [0.25, 0.3) is 0 Å². The van der Waals surface area contributed by atoms with Gasteiger partial charge in [-0.3, -0.25) is 0 Å². The van der Waals surface area contributed by atoms with Crippen LogP contribution in [0.2, 0.25) is 0 Å². The molecule has 1 aromatic carbocycles. The Hall–Kier alpha value is -2.33. The molecule has 0 saturated heterocycles. The number of rotatable bonds is 8. The van der Waals surface area contributed by atoms with Crippen LogP contribution in [0.1, 0.15) is 5.56 Å². The predicted molar refractivity (Wildman–Crippen MR) is 78.4 cm³/mol. The number of aliphatic hydroxyl groups is 1. The van der Waals surface area contributed by atoms with Crippen molar-refractivity contribution >= 4 is 12.1 Å². The van der Waals surface area contributed by atoms with Gasteiger partial charge in [0, 0.05) is 0 Å². The Bertz CT molecular complexity index is 552. The van der Waals surface area contributed by atoms with Crippen molar-refractivity contribution in [1.82, 2.24) is 5.32 Å². The summed E-state index contributed by atoms with van der Waals surface area (Å²) < 4.78 is 50.4. The van der Waals surface area contributed by atoms with Crippen molar-refractivity contribution < 1.29 is 42.1 Å². The zero-order chi connectivity index (χ0) is 18.9. The van der Waals surface area contributed by atoms with Gasteiger partial charge in [-0.2, -0.15) is 13.2 Å². The molecule has 1 rings (SSSR count). The van der Waals surface area contributed by atoms with Gasteiger partial charge in [-0.1, -0.05) is 30.3 Å². The number of ether oxygens (including phenoxy) is 3. The minimum absolute atomic E-state index is 0.0613. The van der Waals surface area contributed by atoms with E-state index in [0.29, 0.717) is 5.56 Å². The zero-order valence-corrected chi connectivity index (χ0v) is 13.3. The molecule has 0 aliphatic heterocycles. The van der Waals surface area contributed by atoms with Gasteiger partial charge in [0.15, 0.2) is 12.1 Å². The van der Waals surface area contributed by atoms with Gasteiger partial charge < -0.3 is 24.6 Å². The maximum Gasteiger partial charge on any atom is 0.416 e. The summed E-state index contributed by atoms with van der Waals surface area (Å²) in [5, 5.41) is 10.9. The van der Waals surface area contributed by atoms with Crippen molar-refractivity contribution in [2.45, 2.75) is 24.9 Å². The van der Waals surface area contributed by atoms with Crippen molar-refractivity contribution in [1.29, 1.82) is 0 Å². The Kier molecular flexibility index (Phi) is 8.16. The number of methoxy groups -OCH3 is 1. The van der Waals surface area contributed by atoms with Crippen molar-refractivity contribution in [3.63, 3.8) is 0 Å². The maximum atomic E-state index is 12.2. The van der Waals surface area contributed by atoms with Crippen LogP contribution >= 0.6 is 0 Å². The molecule has 25 heavy (non-hydrogen) atoms. The second-order valence-electron chi connectivity index (χ2n) is 4.88. The molecule has 0 spiro atoms. The van der Waals surface area contributed by atoms with E-state index in [-0.39, 0.29) is 6.61 Å². The highest BCUT2D eigenvalue weighted by atomic mass is 19.4. The minimum atomic E-state index is -4.84. The second-order valence-corrected chi connectivity index (χ2v) is 4.88. The molecule has 7 nitrogen and oxygen atoms in total. The zero-order valence-electron chi connectivity index (χ0n) is 13.3. The summed E-state index contributed by atoms with van der Waals surface area (Å²) in [5.41, 5.74) is 0.705. The van der Waals surface area contributed by atoms with Gasteiger partial charge in [0.1, 0.15) is 6.61 Å². The summed E-state index contributed by atoms with van der Waals surface area (Å²) in [6, 6.07) is 7.32. The molecule has 0 fully saturated rings. The maximum absolute atomic E-state index is 12.2. The summed E-state index contributed by atoms with van der Waals surface area (Å²) in [6.07, 6.45) is -8.52. The van der Waals surface area contributed by atoms with E-state index in [1.807, 2.05) is 0 Å². The lowest BCUT2D eigenvalue weighted by Crippen LogP contribution is -2.45. The number of hydrogen-bond donors (Lipinski definition) is 2. The van der Waals surface area contributed by atoms with Crippen LogP contribution < -0.4 is 5.32 Å². The SMILES string of the molecule is COC(=O)[C@H](COCC(O)C(F)(F)F)NC(=O)OCc1ccccc1. The van der Waals surface area contributed by atoms with Gasteiger partial charge in [0.05, 0.1) is 20.3 Å². The lowest BCUT2D eigenvalue weighted by molar-refractivity contribution is -0.217. The Balaban J connectivity index is 2.46. The highest BCUT2D eigenvalue weighted by Gasteiger charge is 2.38. The number of nitrogens with one attached hydrogen (secondary N) is 1. The minimum Gasteiger partial charge on any atom is -0.467 e. The molecule has 1 aromatic rings. The number of hydrogen-bond acceptors (Lipinski definition) is 6. The summed E-state index contributed by atoms with van der Waals surface area (Å²) in [4.78, 5) is 23.2. The molecule has 0 aliphatic rings. The molecular weight excluding hydrogens is 347 g/mol. The van der Waals surface area contributed by atoms with Gasteiger partial charge in [0.2, 0.25) is 0 Å². The molecule has 0 bridgehead atoms. The lowest BCUT2D eigenvalue weighted by Gasteiger charge is -2.19. The fraction of sp³-hybridized carbons (Fsp3) is 0.467. The van der Waals surface area contributed by atoms with Crippen LogP contribution in [0.25, 0.3) is 0 Å². The quantitative estimate of drug-likeness (QED) is 0.677. The number of halogens is 3. The molecule has 10 heteroatoms. The number of alkyl halides is 3. The van der Waals surface area contributed by atoms with E-state index in [0.717, 1.165) is 7.11 Å². The number of esters is 1. The normalized spacial score (nSPS) is 13.6. The number of benzene rings is 1. The summed E-state index contributed by atoms with van der Waals surface area (Å²) >= 11 is 0. The topological polar surface area (TPSA) is 94.1 Å². The largest absolute Gasteiger partial charge is 0.467 e. The summed E-state index contributed by atoms with van der Waals surface area (Å²) in [7, 11) is 1.04. The highest BCUT2D eigenvalue weighted by molar-refractivity contribution is 5.81. The summed E-state index contributed by atoms with van der Waals surface area (Å²) in [6.45, 7) is -1.77. The smallest absolute Gasteiger partial charge is 0.416 e. The first-order valence-electron chi connectivity index (χ1n) is 7.11. The number of carbonyl (C=O) groups is 2. The van der Waals surface area contributed by atoms with E-state index in [1.165, 1.54) is 0 Å². The number of aliphatic hydroxyl groups excluding tert-OH is 1. The summed E-state index contributed by atoms with van der Waals surface area (Å²) in [5.74, 6) is -0.932. The molecule has 140 valence electrons. The fourth-order valence-corrected chi connectivity index (χ4v) is 1.61.